The molecule has 0 amide bonds. The van der Waals surface area contributed by atoms with Crippen LogP contribution in [0.1, 0.15) is 41.8 Å². The summed E-state index contributed by atoms with van der Waals surface area (Å²) in [5.41, 5.74) is 2.88. The average molecular weight is 339 g/mol. The van der Waals surface area contributed by atoms with Gasteiger partial charge in [0.1, 0.15) is 17.6 Å². The maximum absolute atomic E-state index is 8.85. The van der Waals surface area contributed by atoms with E-state index in [4.69, 9.17) is 9.78 Å². The smallest absolute Gasteiger partial charge is 0.137 e. The maximum atomic E-state index is 8.85. The Labute approximate surface area is 148 Å². The molecule has 0 aliphatic carbocycles. The Morgan fingerprint density at radius 1 is 1.32 bits per heavy atom. The molecule has 0 atom stereocenters. The molecule has 0 radical (unpaired) electrons. The van der Waals surface area contributed by atoms with Gasteiger partial charge in [-0.2, -0.15) is 5.26 Å². The maximum Gasteiger partial charge on any atom is 0.137 e. The number of pyridine rings is 1. The van der Waals surface area contributed by atoms with Gasteiger partial charge in [-0.15, -0.1) is 0 Å². The molecule has 0 unspecified atom stereocenters. The third-order valence-electron chi connectivity index (χ3n) is 4.91. The minimum Gasteiger partial charge on any atom is -0.361 e. The summed E-state index contributed by atoms with van der Waals surface area (Å²) in [5, 5.41) is 16.5. The van der Waals surface area contributed by atoms with Crippen molar-refractivity contribution in [3.05, 3.63) is 40.9 Å². The van der Waals surface area contributed by atoms with Gasteiger partial charge in [0, 0.05) is 30.9 Å². The molecule has 2 aromatic heterocycles. The summed E-state index contributed by atoms with van der Waals surface area (Å²) in [6.07, 6.45) is 6.00. The molecular formula is C19H25N5O. The fraction of sp³-hybridized carbons (Fsp3) is 0.526. The molecule has 132 valence electrons. The van der Waals surface area contributed by atoms with Gasteiger partial charge in [0.2, 0.25) is 0 Å². The van der Waals surface area contributed by atoms with Crippen molar-refractivity contribution in [3.63, 3.8) is 0 Å². The van der Waals surface area contributed by atoms with Crippen molar-refractivity contribution in [2.24, 2.45) is 0 Å². The van der Waals surface area contributed by atoms with Crippen molar-refractivity contribution in [2.45, 2.75) is 45.6 Å². The van der Waals surface area contributed by atoms with Crippen LogP contribution in [0.15, 0.2) is 22.9 Å². The van der Waals surface area contributed by atoms with Gasteiger partial charge in [-0.1, -0.05) is 5.16 Å². The zero-order valence-corrected chi connectivity index (χ0v) is 15.0. The van der Waals surface area contributed by atoms with Crippen molar-refractivity contribution in [1.29, 1.82) is 5.26 Å². The molecule has 0 aromatic carbocycles. The van der Waals surface area contributed by atoms with Crippen molar-refractivity contribution < 1.29 is 4.52 Å². The molecule has 3 rings (SSSR count). The highest BCUT2D eigenvalue weighted by Crippen LogP contribution is 2.18. The number of anilines is 1. The van der Waals surface area contributed by atoms with Crippen LogP contribution < -0.4 is 10.2 Å². The summed E-state index contributed by atoms with van der Waals surface area (Å²) in [4.78, 5) is 6.68. The predicted molar refractivity (Wildman–Crippen MR) is 96.5 cm³/mol. The van der Waals surface area contributed by atoms with E-state index in [0.29, 0.717) is 11.6 Å². The summed E-state index contributed by atoms with van der Waals surface area (Å²) in [6, 6.07) is 6.45. The van der Waals surface area contributed by atoms with Gasteiger partial charge in [0.15, 0.2) is 0 Å². The lowest BCUT2D eigenvalue weighted by molar-refractivity contribution is 0.391. The van der Waals surface area contributed by atoms with Crippen molar-refractivity contribution in [2.75, 3.05) is 24.5 Å². The van der Waals surface area contributed by atoms with E-state index in [2.05, 4.69) is 26.4 Å². The summed E-state index contributed by atoms with van der Waals surface area (Å²) >= 11 is 0. The zero-order valence-electron chi connectivity index (χ0n) is 15.0. The van der Waals surface area contributed by atoms with Crippen molar-refractivity contribution in [3.8, 4) is 6.07 Å². The molecule has 3 heterocycles. The lowest BCUT2D eigenvalue weighted by Gasteiger charge is -2.33. The molecule has 0 saturated carbocycles. The van der Waals surface area contributed by atoms with Gasteiger partial charge >= 0.3 is 0 Å². The number of hydrogen-bond donors (Lipinski definition) is 1. The van der Waals surface area contributed by atoms with Crippen LogP contribution in [0.3, 0.4) is 0 Å². The molecule has 0 bridgehead atoms. The van der Waals surface area contributed by atoms with Gasteiger partial charge in [-0.3, -0.25) is 0 Å². The Morgan fingerprint density at radius 3 is 2.72 bits per heavy atom. The van der Waals surface area contributed by atoms with Crippen LogP contribution in [-0.4, -0.2) is 35.8 Å². The highest BCUT2D eigenvalue weighted by molar-refractivity contribution is 5.42. The lowest BCUT2D eigenvalue weighted by atomic mass is 10.0. The number of rotatable bonds is 6. The molecule has 1 saturated heterocycles. The number of nitriles is 1. The summed E-state index contributed by atoms with van der Waals surface area (Å²) in [6.45, 7) is 7.01. The molecular weight excluding hydrogens is 314 g/mol. The monoisotopic (exact) mass is 339 g/mol. The topological polar surface area (TPSA) is 78.0 Å². The van der Waals surface area contributed by atoms with E-state index < -0.39 is 0 Å². The van der Waals surface area contributed by atoms with Crippen LogP contribution in [-0.2, 0) is 6.42 Å². The average Bonchev–Trinajstić information content (AvgIpc) is 2.97. The number of aryl methyl sites for hydroxylation is 2. The number of hydrogen-bond acceptors (Lipinski definition) is 6. The molecule has 2 aromatic rings. The van der Waals surface area contributed by atoms with E-state index in [0.717, 1.165) is 62.6 Å². The predicted octanol–water partition coefficient (Wildman–Crippen LogP) is 2.75. The van der Waals surface area contributed by atoms with Crippen LogP contribution >= 0.6 is 0 Å². The summed E-state index contributed by atoms with van der Waals surface area (Å²) in [7, 11) is 0. The van der Waals surface area contributed by atoms with Crippen molar-refractivity contribution >= 4 is 5.82 Å². The molecule has 0 spiro atoms. The largest absolute Gasteiger partial charge is 0.361 e. The molecule has 1 aliphatic heterocycles. The second-order valence-corrected chi connectivity index (χ2v) is 6.64. The molecule has 6 nitrogen and oxygen atoms in total. The van der Waals surface area contributed by atoms with Crippen LogP contribution in [0.5, 0.6) is 0 Å². The van der Waals surface area contributed by atoms with Crippen LogP contribution in [0.4, 0.5) is 5.82 Å². The number of aromatic nitrogens is 2. The zero-order chi connectivity index (χ0) is 17.6. The Morgan fingerprint density at radius 2 is 2.12 bits per heavy atom. The molecule has 1 N–H and O–H groups in total. The summed E-state index contributed by atoms with van der Waals surface area (Å²) < 4.78 is 5.21. The van der Waals surface area contributed by atoms with Gasteiger partial charge < -0.3 is 14.7 Å². The molecule has 1 aliphatic rings. The fourth-order valence-corrected chi connectivity index (χ4v) is 3.38. The third-order valence-corrected chi connectivity index (χ3v) is 4.91. The van der Waals surface area contributed by atoms with E-state index in [-0.39, 0.29) is 0 Å². The number of nitrogens with one attached hydrogen (secondary N) is 1. The molecule has 6 heteroatoms. The van der Waals surface area contributed by atoms with E-state index in [1.165, 1.54) is 5.56 Å². The van der Waals surface area contributed by atoms with Gasteiger partial charge in [0.05, 0.1) is 11.3 Å². The summed E-state index contributed by atoms with van der Waals surface area (Å²) in [5.74, 6) is 1.91. The quantitative estimate of drug-likeness (QED) is 0.815. The van der Waals surface area contributed by atoms with Gasteiger partial charge in [-0.05, 0) is 58.2 Å². The van der Waals surface area contributed by atoms with Crippen LogP contribution in [0.25, 0.3) is 0 Å². The van der Waals surface area contributed by atoms with E-state index in [1.54, 1.807) is 6.20 Å². The normalized spacial score (nSPS) is 15.3. The molecule has 25 heavy (non-hydrogen) atoms. The Kier molecular flexibility index (Phi) is 5.67. The standard InChI is InChI=1S/C19H25N5O/c1-14-18(15(2)25-23-14)4-3-9-21-17-7-10-24(11-8-17)19-6-5-16(12-20)13-22-19/h5-6,13,17,21H,3-4,7-11H2,1-2H3. The first-order chi connectivity index (χ1) is 12.2. The highest BCUT2D eigenvalue weighted by Gasteiger charge is 2.19. The van der Waals surface area contributed by atoms with E-state index >= 15 is 0 Å². The van der Waals surface area contributed by atoms with Crippen molar-refractivity contribution in [1.82, 2.24) is 15.5 Å². The highest BCUT2D eigenvalue weighted by atomic mass is 16.5. The second-order valence-electron chi connectivity index (χ2n) is 6.64. The number of nitrogens with zero attached hydrogens (tertiary/aromatic N) is 4. The van der Waals surface area contributed by atoms with Gasteiger partial charge in [-0.25, -0.2) is 4.98 Å². The first kappa shape index (κ1) is 17.4. The first-order valence-electron chi connectivity index (χ1n) is 8.93. The van der Waals surface area contributed by atoms with E-state index in [1.807, 2.05) is 26.0 Å². The first-order valence-corrected chi connectivity index (χ1v) is 8.93. The Bertz CT molecular complexity index is 704. The SMILES string of the molecule is Cc1noc(C)c1CCCNC1CCN(c2ccc(C#N)cn2)CC1. The Balaban J connectivity index is 1.38. The second kappa shape index (κ2) is 8.13. The minimum absolute atomic E-state index is 0.569. The number of piperidine rings is 1. The molecule has 1 fully saturated rings. The fourth-order valence-electron chi connectivity index (χ4n) is 3.38. The van der Waals surface area contributed by atoms with Crippen LogP contribution in [0.2, 0.25) is 0 Å². The third kappa shape index (κ3) is 4.37. The van der Waals surface area contributed by atoms with Gasteiger partial charge in [0.25, 0.3) is 0 Å². The Hall–Kier alpha value is -2.39. The van der Waals surface area contributed by atoms with Crippen LogP contribution in [0, 0.1) is 25.2 Å². The lowest BCUT2D eigenvalue weighted by Crippen LogP contribution is -2.43. The van der Waals surface area contributed by atoms with E-state index in [9.17, 15) is 0 Å². The minimum atomic E-state index is 0.569.